The topological polar surface area (TPSA) is 0 Å². The summed E-state index contributed by atoms with van der Waals surface area (Å²) < 4.78 is 3.50. The molecule has 272 valence electrons. The second-order valence-corrected chi connectivity index (χ2v) is 34.7. The van der Waals surface area contributed by atoms with Gasteiger partial charge in [-0.1, -0.05) is 0 Å². The zero-order valence-electron chi connectivity index (χ0n) is 32.2. The van der Waals surface area contributed by atoms with E-state index in [1.807, 2.05) is 0 Å². The summed E-state index contributed by atoms with van der Waals surface area (Å²) in [5.74, 6) is 0. The molecular weight excluding hydrogens is 878 g/mol. The molecule has 0 bridgehead atoms. The minimum Gasteiger partial charge on any atom is -0.147 e. The first-order chi connectivity index (χ1) is 25.1. The average Bonchev–Trinajstić information content (AvgIpc) is 3.82. The van der Waals surface area contributed by atoms with Crippen LogP contribution in [0.25, 0.3) is 33.4 Å². The van der Waals surface area contributed by atoms with E-state index in [0.29, 0.717) is 0 Å². The van der Waals surface area contributed by atoms with Crippen LogP contribution in [-0.2, 0) is 37.3 Å². The molecule has 54 heavy (non-hydrogen) atoms. The van der Waals surface area contributed by atoms with Crippen molar-refractivity contribution in [3.63, 3.8) is 0 Å². The fourth-order valence-corrected chi connectivity index (χ4v) is 37.7. The van der Waals surface area contributed by atoms with Crippen LogP contribution in [0.15, 0.2) is 161 Å². The van der Waals surface area contributed by atoms with E-state index in [1.165, 1.54) is 50.1 Å². The molecule has 0 aliphatic heterocycles. The van der Waals surface area contributed by atoms with Gasteiger partial charge in [-0.25, -0.2) is 0 Å². The molecule has 0 N–H and O–H groups in total. The Morgan fingerprint density at radius 3 is 1.54 bits per heavy atom. The number of halogens is 2. The standard InChI is InChI=1S/C33H33.C12H10Si.C5H5.2ClH.Hf/c1-32(2,3)30-20-26-24(18-28(30)22-13-9-7-10-14-22)17-25-19-29(23-15-11-8-12-16-23)31(21-27(25)26)33(4,5)6;1-3-7-11(8-4-1)13-12-9-5-2-6-10-12;1-2-4-5-3-1;;;/h7-16,18,20-21H,17H2,1-6H3;1-10H;1-3H,4H2;2*1H;. The summed E-state index contributed by atoms with van der Waals surface area (Å²) in [5, 5.41) is 3.11. The van der Waals surface area contributed by atoms with Gasteiger partial charge in [-0.05, 0) is 0 Å². The Bertz CT molecular complexity index is 2340. The number of rotatable bonds is 6. The van der Waals surface area contributed by atoms with E-state index in [-0.39, 0.29) is 35.6 Å². The van der Waals surface area contributed by atoms with Gasteiger partial charge in [-0.3, -0.25) is 0 Å². The maximum absolute atomic E-state index is 3.06. The molecule has 0 aromatic heterocycles. The maximum Gasteiger partial charge on any atom is -0.147 e. The molecule has 0 amide bonds. The molecule has 0 fully saturated rings. The molecule has 0 saturated carbocycles. The normalized spacial score (nSPS) is 13.0. The third-order valence-corrected chi connectivity index (χ3v) is 36.8. The molecule has 0 nitrogen and oxygen atoms in total. The van der Waals surface area contributed by atoms with Crippen LogP contribution in [0.2, 0.25) is 0 Å². The zero-order chi connectivity index (χ0) is 36.0. The van der Waals surface area contributed by atoms with Crippen LogP contribution in [0.1, 0.15) is 70.2 Å². The fourth-order valence-electron chi connectivity index (χ4n) is 8.37. The van der Waals surface area contributed by atoms with Gasteiger partial charge >= 0.3 is 321 Å². The van der Waals surface area contributed by atoms with Crippen molar-refractivity contribution in [3.05, 3.63) is 183 Å². The van der Waals surface area contributed by atoms with Crippen LogP contribution < -0.4 is 13.7 Å². The maximum atomic E-state index is 2.63. The molecular formula is C50H50Cl2HfSi. The van der Waals surface area contributed by atoms with Crippen molar-refractivity contribution in [3.8, 4) is 33.4 Å². The van der Waals surface area contributed by atoms with Crippen molar-refractivity contribution >= 4 is 44.0 Å². The van der Waals surface area contributed by atoms with Crippen molar-refractivity contribution in [1.82, 2.24) is 0 Å². The summed E-state index contributed by atoms with van der Waals surface area (Å²) in [6.45, 7) is 14.4. The largest absolute Gasteiger partial charge is 0.147 e. The minimum atomic E-state index is -3.06. The minimum absolute atomic E-state index is 0. The van der Waals surface area contributed by atoms with E-state index in [1.54, 1.807) is 22.6 Å². The first kappa shape index (κ1) is 40.1. The molecule has 8 rings (SSSR count). The van der Waals surface area contributed by atoms with Crippen LogP contribution >= 0.6 is 24.8 Å². The Morgan fingerprint density at radius 1 is 0.537 bits per heavy atom. The summed E-state index contributed by atoms with van der Waals surface area (Å²) in [4.78, 5) is 0. The number of benzene rings is 6. The van der Waals surface area contributed by atoms with Crippen LogP contribution in [0.5, 0.6) is 0 Å². The van der Waals surface area contributed by atoms with Crippen molar-refractivity contribution in [1.29, 1.82) is 0 Å². The fraction of sp³-hybridized carbons (Fsp3) is 0.200. The first-order valence-electron chi connectivity index (χ1n) is 18.8. The van der Waals surface area contributed by atoms with E-state index in [0.717, 1.165) is 12.8 Å². The van der Waals surface area contributed by atoms with Crippen molar-refractivity contribution < 1.29 is 20.1 Å². The molecule has 6 aromatic rings. The van der Waals surface area contributed by atoms with Crippen LogP contribution in [0, 0.1) is 0 Å². The third-order valence-electron chi connectivity index (χ3n) is 10.8. The molecule has 2 aliphatic rings. The monoisotopic (exact) mass is 928 g/mol. The van der Waals surface area contributed by atoms with Crippen LogP contribution in [0.3, 0.4) is 0 Å². The van der Waals surface area contributed by atoms with Gasteiger partial charge in [0.1, 0.15) is 0 Å². The Balaban J connectivity index is 0.00000249. The Kier molecular flexibility index (Phi) is 12.1. The second-order valence-electron chi connectivity index (χ2n) is 16.5. The van der Waals surface area contributed by atoms with E-state index in [9.17, 15) is 0 Å². The zero-order valence-corrected chi connectivity index (χ0v) is 38.5. The van der Waals surface area contributed by atoms with Crippen molar-refractivity contribution in [2.45, 2.75) is 65.2 Å². The number of allylic oxidation sites excluding steroid dienone is 4. The number of fused-ring (bicyclic) bond motifs is 3. The quantitative estimate of drug-likeness (QED) is 0.146. The summed E-state index contributed by atoms with van der Waals surface area (Å²) in [6.07, 6.45) is 9.38. The molecule has 0 radical (unpaired) electrons. The summed E-state index contributed by atoms with van der Waals surface area (Å²) in [7, 11) is 0. The summed E-state index contributed by atoms with van der Waals surface area (Å²) in [5.41, 5.74) is 13.3. The van der Waals surface area contributed by atoms with Crippen molar-refractivity contribution in [2.75, 3.05) is 0 Å². The van der Waals surface area contributed by atoms with Gasteiger partial charge in [-0.15, -0.1) is 24.8 Å². The van der Waals surface area contributed by atoms with Gasteiger partial charge in [0.05, 0.1) is 0 Å². The SMILES string of the molecule is CC(C)(C)c1cc2c(cc1-c1ccccc1)Cc1c-2cc(C(C)(C)C)c(-c2ccccc2)[c]1[Hf]([C]1=CC=CC1)=[Si](c1ccccc1)c1ccccc1.Cl.Cl. The Morgan fingerprint density at radius 2 is 1.04 bits per heavy atom. The van der Waals surface area contributed by atoms with E-state index < -0.39 is 25.6 Å². The van der Waals surface area contributed by atoms with Crippen LogP contribution in [0.4, 0.5) is 0 Å². The van der Waals surface area contributed by atoms with Gasteiger partial charge in [-0.2, -0.15) is 0 Å². The van der Waals surface area contributed by atoms with Gasteiger partial charge in [0, 0.05) is 0 Å². The smallest absolute Gasteiger partial charge is 0.147 e. The number of hydrogen-bond donors (Lipinski definition) is 0. The van der Waals surface area contributed by atoms with Gasteiger partial charge in [0.25, 0.3) is 0 Å². The van der Waals surface area contributed by atoms with Crippen LogP contribution in [-0.4, -0.2) is 5.49 Å². The molecule has 2 aliphatic carbocycles. The average molecular weight is 928 g/mol. The first-order valence-corrected chi connectivity index (χ1v) is 29.3. The molecule has 0 spiro atoms. The Labute approximate surface area is 343 Å². The molecule has 0 heterocycles. The second kappa shape index (κ2) is 16.3. The van der Waals surface area contributed by atoms with Crippen molar-refractivity contribution in [2.24, 2.45) is 0 Å². The third kappa shape index (κ3) is 7.65. The Hall–Kier alpha value is -3.53. The molecule has 6 aromatic carbocycles. The number of hydrogen-bond acceptors (Lipinski definition) is 0. The van der Waals surface area contributed by atoms with E-state index in [4.69, 9.17) is 0 Å². The molecule has 0 unspecified atom stereocenters. The molecule has 0 saturated heterocycles. The van der Waals surface area contributed by atoms with Gasteiger partial charge < -0.3 is 0 Å². The predicted octanol–water partition coefficient (Wildman–Crippen LogP) is 11.9. The predicted molar refractivity (Wildman–Crippen MR) is 237 cm³/mol. The van der Waals surface area contributed by atoms with Gasteiger partial charge in [0.2, 0.25) is 0 Å². The molecule has 4 heteroatoms. The summed E-state index contributed by atoms with van der Waals surface area (Å²) >= 11 is -3.06. The van der Waals surface area contributed by atoms with E-state index in [2.05, 4.69) is 199 Å². The van der Waals surface area contributed by atoms with Gasteiger partial charge in [0.15, 0.2) is 0 Å². The summed E-state index contributed by atoms with van der Waals surface area (Å²) in [6, 6.07) is 53.6. The van der Waals surface area contributed by atoms with E-state index >= 15 is 0 Å². The molecule has 0 atom stereocenters.